The molecule has 130 valence electrons. The predicted molar refractivity (Wildman–Crippen MR) is 104 cm³/mol. The molecule has 0 unspecified atom stereocenters. The molecule has 0 aliphatic heterocycles. The third-order valence-corrected chi connectivity index (χ3v) is 4.07. The van der Waals surface area contributed by atoms with Crippen LogP contribution in [0.4, 0.5) is 22.7 Å². The van der Waals surface area contributed by atoms with E-state index in [4.69, 9.17) is 22.9 Å². The summed E-state index contributed by atoms with van der Waals surface area (Å²) in [5.74, 6) is -0.790. The molecule has 0 bridgehead atoms. The summed E-state index contributed by atoms with van der Waals surface area (Å²) in [5, 5.41) is 0. The molecule has 8 N–H and O–H groups in total. The maximum atomic E-state index is 13.0. The van der Waals surface area contributed by atoms with Crippen molar-refractivity contribution in [3.8, 4) is 0 Å². The highest BCUT2D eigenvalue weighted by molar-refractivity contribution is 6.23. The van der Waals surface area contributed by atoms with Crippen LogP contribution in [0.25, 0.3) is 0 Å². The van der Waals surface area contributed by atoms with Gasteiger partial charge in [0.2, 0.25) is 0 Å². The summed E-state index contributed by atoms with van der Waals surface area (Å²) in [5.41, 5.74) is 25.7. The van der Waals surface area contributed by atoms with Gasteiger partial charge in [-0.3, -0.25) is 9.59 Å². The van der Waals surface area contributed by atoms with Crippen molar-refractivity contribution in [1.82, 2.24) is 0 Å². The summed E-state index contributed by atoms with van der Waals surface area (Å²) in [6.45, 7) is 0. The van der Waals surface area contributed by atoms with Gasteiger partial charge in [-0.2, -0.15) is 0 Å². The Morgan fingerprint density at radius 2 is 0.808 bits per heavy atom. The van der Waals surface area contributed by atoms with Crippen molar-refractivity contribution < 1.29 is 9.59 Å². The first-order chi connectivity index (χ1) is 12.4. The number of nitrogens with two attached hydrogens (primary N) is 4. The molecule has 0 saturated carbocycles. The smallest absolute Gasteiger partial charge is 0.195 e. The average molecular weight is 346 g/mol. The maximum absolute atomic E-state index is 13.0. The summed E-state index contributed by atoms with van der Waals surface area (Å²) in [6.07, 6.45) is 0. The fourth-order valence-corrected chi connectivity index (χ4v) is 2.68. The molecule has 0 fully saturated rings. The Morgan fingerprint density at radius 3 is 1.12 bits per heavy atom. The quantitative estimate of drug-likeness (QED) is 0.423. The molecule has 3 aromatic rings. The van der Waals surface area contributed by atoms with Gasteiger partial charge in [-0.15, -0.1) is 0 Å². The average Bonchev–Trinajstić information content (AvgIpc) is 2.63. The summed E-state index contributed by atoms with van der Waals surface area (Å²) < 4.78 is 0. The van der Waals surface area contributed by atoms with Crippen LogP contribution < -0.4 is 22.9 Å². The number of hydrogen-bond donors (Lipinski definition) is 4. The van der Waals surface area contributed by atoms with Crippen molar-refractivity contribution in [3.05, 3.63) is 82.9 Å². The van der Waals surface area contributed by atoms with E-state index >= 15 is 0 Å². The summed E-state index contributed by atoms with van der Waals surface area (Å²) >= 11 is 0. The van der Waals surface area contributed by atoms with Crippen molar-refractivity contribution in [2.45, 2.75) is 0 Å². The van der Waals surface area contributed by atoms with Gasteiger partial charge in [0.05, 0.1) is 11.1 Å². The molecule has 0 heterocycles. The van der Waals surface area contributed by atoms with Gasteiger partial charge in [0.25, 0.3) is 0 Å². The Bertz CT molecular complexity index is 911. The minimum absolute atomic E-state index is 0.0802. The highest BCUT2D eigenvalue weighted by atomic mass is 16.1. The van der Waals surface area contributed by atoms with E-state index in [-0.39, 0.29) is 22.5 Å². The molecule has 26 heavy (non-hydrogen) atoms. The SMILES string of the molecule is Nc1ccc(C(=O)c2c(N)ccc(N)c2C(=O)c2ccc(N)cc2)cc1. The van der Waals surface area contributed by atoms with Crippen LogP contribution in [0.3, 0.4) is 0 Å². The molecular weight excluding hydrogens is 328 g/mol. The second kappa shape index (κ2) is 6.60. The van der Waals surface area contributed by atoms with Crippen LogP contribution >= 0.6 is 0 Å². The third-order valence-electron chi connectivity index (χ3n) is 4.07. The monoisotopic (exact) mass is 346 g/mol. The van der Waals surface area contributed by atoms with Gasteiger partial charge in [0.1, 0.15) is 0 Å². The normalized spacial score (nSPS) is 10.5. The molecule has 0 aromatic heterocycles. The number of nitrogen functional groups attached to an aromatic ring is 4. The zero-order valence-corrected chi connectivity index (χ0v) is 13.9. The Hall–Kier alpha value is -3.80. The maximum Gasteiger partial charge on any atom is 0.195 e. The van der Waals surface area contributed by atoms with Crippen molar-refractivity contribution in [2.75, 3.05) is 22.9 Å². The number of rotatable bonds is 4. The number of carbonyl (C=O) groups excluding carboxylic acids is 2. The molecule has 0 amide bonds. The second-order valence-electron chi connectivity index (χ2n) is 5.90. The molecule has 3 rings (SSSR count). The molecule has 0 spiro atoms. The number of hydrogen-bond acceptors (Lipinski definition) is 6. The van der Waals surface area contributed by atoms with Crippen LogP contribution in [0.1, 0.15) is 31.8 Å². The van der Waals surface area contributed by atoms with E-state index in [0.717, 1.165) is 0 Å². The zero-order valence-electron chi connectivity index (χ0n) is 13.9. The van der Waals surface area contributed by atoms with Gasteiger partial charge < -0.3 is 22.9 Å². The first-order valence-electron chi connectivity index (χ1n) is 7.87. The van der Waals surface area contributed by atoms with Crippen LogP contribution in [0.2, 0.25) is 0 Å². The second-order valence-corrected chi connectivity index (χ2v) is 5.90. The molecule has 3 aromatic carbocycles. The zero-order chi connectivity index (χ0) is 18.8. The van der Waals surface area contributed by atoms with Gasteiger partial charge in [0.15, 0.2) is 11.6 Å². The van der Waals surface area contributed by atoms with E-state index in [2.05, 4.69) is 0 Å². The van der Waals surface area contributed by atoms with Crippen LogP contribution in [0.5, 0.6) is 0 Å². The van der Waals surface area contributed by atoms with E-state index in [1.165, 1.54) is 12.1 Å². The Kier molecular flexibility index (Phi) is 4.33. The summed E-state index contributed by atoms with van der Waals surface area (Å²) in [4.78, 5) is 26.0. The van der Waals surface area contributed by atoms with Crippen LogP contribution in [-0.2, 0) is 0 Å². The standard InChI is InChI=1S/C20H18N4O2/c21-13-5-1-11(2-6-13)19(25)17-15(23)9-10-16(24)18(17)20(26)12-3-7-14(22)8-4-12/h1-10H,21-24H2. The molecule has 0 atom stereocenters. The topological polar surface area (TPSA) is 138 Å². The molecule has 6 heteroatoms. The minimum Gasteiger partial charge on any atom is -0.399 e. The highest BCUT2D eigenvalue weighted by Gasteiger charge is 2.24. The summed E-state index contributed by atoms with van der Waals surface area (Å²) in [6, 6.07) is 15.8. The van der Waals surface area contributed by atoms with Crippen molar-refractivity contribution in [3.63, 3.8) is 0 Å². The number of carbonyl (C=O) groups is 2. The fourth-order valence-electron chi connectivity index (χ4n) is 2.68. The van der Waals surface area contributed by atoms with E-state index in [0.29, 0.717) is 22.5 Å². The van der Waals surface area contributed by atoms with E-state index in [9.17, 15) is 9.59 Å². The molecule has 0 saturated heterocycles. The number of ketones is 2. The van der Waals surface area contributed by atoms with E-state index in [1.807, 2.05) is 0 Å². The molecule has 0 radical (unpaired) electrons. The third kappa shape index (κ3) is 3.08. The van der Waals surface area contributed by atoms with E-state index in [1.54, 1.807) is 48.5 Å². The van der Waals surface area contributed by atoms with Crippen molar-refractivity contribution in [1.29, 1.82) is 0 Å². The van der Waals surface area contributed by atoms with Gasteiger partial charge in [-0.25, -0.2) is 0 Å². The molecule has 0 aliphatic carbocycles. The van der Waals surface area contributed by atoms with Crippen LogP contribution in [0, 0.1) is 0 Å². The lowest BCUT2D eigenvalue weighted by Crippen LogP contribution is -2.16. The lowest BCUT2D eigenvalue weighted by molar-refractivity contribution is 0.100. The summed E-state index contributed by atoms with van der Waals surface area (Å²) in [7, 11) is 0. The van der Waals surface area contributed by atoms with Gasteiger partial charge >= 0.3 is 0 Å². The first-order valence-corrected chi connectivity index (χ1v) is 7.87. The fraction of sp³-hybridized carbons (Fsp3) is 0. The Labute approximate surface area is 150 Å². The van der Waals surface area contributed by atoms with Gasteiger partial charge in [-0.1, -0.05) is 0 Å². The number of benzene rings is 3. The van der Waals surface area contributed by atoms with Crippen molar-refractivity contribution in [2.24, 2.45) is 0 Å². The Balaban J connectivity index is 2.15. The van der Waals surface area contributed by atoms with Crippen LogP contribution in [-0.4, -0.2) is 11.6 Å². The lowest BCUT2D eigenvalue weighted by Gasteiger charge is -2.14. The largest absolute Gasteiger partial charge is 0.399 e. The van der Waals surface area contributed by atoms with Gasteiger partial charge in [-0.05, 0) is 60.7 Å². The minimum atomic E-state index is -0.395. The Morgan fingerprint density at radius 1 is 0.500 bits per heavy atom. The predicted octanol–water partition coefficient (Wildman–Crippen LogP) is 2.48. The molecule has 6 nitrogen and oxygen atoms in total. The van der Waals surface area contributed by atoms with Crippen LogP contribution in [0.15, 0.2) is 60.7 Å². The molecule has 0 aliphatic rings. The van der Waals surface area contributed by atoms with E-state index < -0.39 is 11.6 Å². The lowest BCUT2D eigenvalue weighted by atomic mass is 9.90. The molecular formula is C20H18N4O2. The first kappa shape index (κ1) is 17.0. The highest BCUT2D eigenvalue weighted by Crippen LogP contribution is 2.29. The van der Waals surface area contributed by atoms with Crippen molar-refractivity contribution >= 4 is 34.3 Å². The van der Waals surface area contributed by atoms with Gasteiger partial charge in [0, 0.05) is 33.9 Å². The number of anilines is 4.